The second-order valence-corrected chi connectivity index (χ2v) is 5.07. The number of nitrogens with one attached hydrogen (secondary N) is 2. The molecule has 0 atom stereocenters. The molecular formula is C15H26N4O2. The summed E-state index contributed by atoms with van der Waals surface area (Å²) in [6.45, 7) is 5.34. The van der Waals surface area contributed by atoms with Gasteiger partial charge < -0.3 is 10.6 Å². The number of nitro groups is 1. The van der Waals surface area contributed by atoms with E-state index in [0.29, 0.717) is 5.82 Å². The number of aromatic nitrogens is 1. The largest absolute Gasteiger partial charge is 0.364 e. The van der Waals surface area contributed by atoms with Crippen LogP contribution >= 0.6 is 0 Å². The Morgan fingerprint density at radius 2 is 2.10 bits per heavy atom. The van der Waals surface area contributed by atoms with Gasteiger partial charge in [-0.1, -0.05) is 26.2 Å². The van der Waals surface area contributed by atoms with Crippen LogP contribution in [0, 0.1) is 10.1 Å². The Hall–Kier alpha value is -1.69. The molecule has 1 saturated heterocycles. The second-order valence-electron chi connectivity index (χ2n) is 5.07. The Labute approximate surface area is 126 Å². The molecule has 2 N–H and O–H groups in total. The third-order valence-corrected chi connectivity index (χ3v) is 3.26. The van der Waals surface area contributed by atoms with Gasteiger partial charge in [0, 0.05) is 18.8 Å². The maximum atomic E-state index is 10.6. The third kappa shape index (κ3) is 7.60. The first-order chi connectivity index (χ1) is 10.3. The van der Waals surface area contributed by atoms with Crippen LogP contribution in [-0.4, -0.2) is 29.5 Å². The van der Waals surface area contributed by atoms with E-state index in [2.05, 4.69) is 22.5 Å². The molecule has 0 unspecified atom stereocenters. The summed E-state index contributed by atoms with van der Waals surface area (Å²) in [4.78, 5) is 14.2. The van der Waals surface area contributed by atoms with Crippen molar-refractivity contribution in [1.82, 2.24) is 10.3 Å². The van der Waals surface area contributed by atoms with Crippen molar-refractivity contribution in [2.24, 2.45) is 0 Å². The molecule has 21 heavy (non-hydrogen) atoms. The van der Waals surface area contributed by atoms with Gasteiger partial charge >= 0.3 is 5.69 Å². The van der Waals surface area contributed by atoms with Gasteiger partial charge in [-0.2, -0.15) is 0 Å². The number of pyridine rings is 1. The number of piperidine rings is 1. The number of rotatable bonds is 6. The molecule has 1 aliphatic heterocycles. The van der Waals surface area contributed by atoms with Crippen LogP contribution in [0.25, 0.3) is 0 Å². The van der Waals surface area contributed by atoms with Gasteiger partial charge in [0.15, 0.2) is 0 Å². The van der Waals surface area contributed by atoms with Crippen LogP contribution in [0.2, 0.25) is 0 Å². The highest BCUT2D eigenvalue weighted by Crippen LogP contribution is 2.19. The average molecular weight is 294 g/mol. The van der Waals surface area contributed by atoms with Gasteiger partial charge in [0.1, 0.15) is 0 Å². The smallest absolute Gasteiger partial charge is 0.311 e. The molecular weight excluding hydrogens is 268 g/mol. The Bertz CT molecular complexity index is 397. The van der Waals surface area contributed by atoms with Crippen LogP contribution in [0.1, 0.15) is 45.4 Å². The van der Waals surface area contributed by atoms with E-state index in [9.17, 15) is 10.1 Å². The first-order valence-electron chi connectivity index (χ1n) is 7.79. The SMILES string of the molecule is C1CCNCC1.CCCCCNc1ncccc1[N+](=O)[O-]. The highest BCUT2D eigenvalue weighted by atomic mass is 16.6. The van der Waals surface area contributed by atoms with E-state index >= 15 is 0 Å². The summed E-state index contributed by atoms with van der Waals surface area (Å²) in [5.74, 6) is 0.360. The van der Waals surface area contributed by atoms with E-state index in [1.165, 1.54) is 38.4 Å². The van der Waals surface area contributed by atoms with Gasteiger partial charge in [-0.3, -0.25) is 10.1 Å². The number of hydrogen-bond donors (Lipinski definition) is 2. The van der Waals surface area contributed by atoms with Crippen molar-refractivity contribution < 1.29 is 4.92 Å². The highest BCUT2D eigenvalue weighted by Gasteiger charge is 2.12. The quantitative estimate of drug-likeness (QED) is 0.478. The number of unbranched alkanes of at least 4 members (excludes halogenated alkanes) is 2. The summed E-state index contributed by atoms with van der Waals surface area (Å²) < 4.78 is 0. The van der Waals surface area contributed by atoms with E-state index in [4.69, 9.17) is 0 Å². The fraction of sp³-hybridized carbons (Fsp3) is 0.667. The molecule has 1 aromatic heterocycles. The fourth-order valence-corrected chi connectivity index (χ4v) is 2.06. The summed E-state index contributed by atoms with van der Waals surface area (Å²) in [7, 11) is 0. The Balaban J connectivity index is 0.000000304. The van der Waals surface area contributed by atoms with Crippen molar-refractivity contribution in [2.75, 3.05) is 25.0 Å². The van der Waals surface area contributed by atoms with E-state index in [-0.39, 0.29) is 5.69 Å². The van der Waals surface area contributed by atoms with Crippen LogP contribution in [0.4, 0.5) is 11.5 Å². The minimum atomic E-state index is -0.421. The highest BCUT2D eigenvalue weighted by molar-refractivity contribution is 5.54. The number of nitrogens with zero attached hydrogens (tertiary/aromatic N) is 2. The Morgan fingerprint density at radius 3 is 2.62 bits per heavy atom. The first kappa shape index (κ1) is 17.4. The molecule has 1 aliphatic rings. The maximum absolute atomic E-state index is 10.6. The van der Waals surface area contributed by atoms with E-state index in [1.54, 1.807) is 12.3 Å². The lowest BCUT2D eigenvalue weighted by atomic mass is 10.2. The molecule has 1 fully saturated rings. The Morgan fingerprint density at radius 1 is 1.33 bits per heavy atom. The normalized spacial score (nSPS) is 14.0. The zero-order valence-electron chi connectivity index (χ0n) is 12.8. The van der Waals surface area contributed by atoms with Crippen molar-refractivity contribution in [1.29, 1.82) is 0 Å². The van der Waals surface area contributed by atoms with Crippen LogP contribution in [0.15, 0.2) is 18.3 Å². The van der Waals surface area contributed by atoms with E-state index in [1.807, 2.05) is 0 Å². The van der Waals surface area contributed by atoms with Gasteiger partial charge in [0.25, 0.3) is 0 Å². The van der Waals surface area contributed by atoms with Crippen molar-refractivity contribution in [3.63, 3.8) is 0 Å². The van der Waals surface area contributed by atoms with Gasteiger partial charge in [0.2, 0.25) is 5.82 Å². The molecule has 0 bridgehead atoms. The maximum Gasteiger partial charge on any atom is 0.311 e. The summed E-state index contributed by atoms with van der Waals surface area (Å²) in [5.41, 5.74) is 0.0361. The van der Waals surface area contributed by atoms with Crippen molar-refractivity contribution >= 4 is 11.5 Å². The second kappa shape index (κ2) is 11.0. The van der Waals surface area contributed by atoms with Gasteiger partial charge in [-0.25, -0.2) is 4.98 Å². The average Bonchev–Trinajstić information content (AvgIpc) is 2.54. The van der Waals surface area contributed by atoms with Gasteiger partial charge in [-0.05, 0) is 38.4 Å². The molecule has 0 amide bonds. The summed E-state index contributed by atoms with van der Waals surface area (Å²) in [5, 5.41) is 16.9. The zero-order valence-corrected chi connectivity index (χ0v) is 12.8. The lowest BCUT2D eigenvalue weighted by Gasteiger charge is -2.08. The lowest BCUT2D eigenvalue weighted by Crippen LogP contribution is -2.21. The lowest BCUT2D eigenvalue weighted by molar-refractivity contribution is -0.384. The fourth-order valence-electron chi connectivity index (χ4n) is 2.06. The zero-order chi connectivity index (χ0) is 15.3. The predicted molar refractivity (Wildman–Crippen MR) is 85.6 cm³/mol. The summed E-state index contributed by atoms with van der Waals surface area (Å²) in [6, 6.07) is 3.02. The standard InChI is InChI=1S/C10H15N3O2.C5H11N/c1-2-3-4-7-11-10-9(13(14)15)6-5-8-12-10;1-2-4-6-5-3-1/h5-6,8H,2-4,7H2,1H3,(H,11,12);6H,1-5H2. The summed E-state index contributed by atoms with van der Waals surface area (Å²) in [6.07, 6.45) is 9.02. The molecule has 0 saturated carbocycles. The van der Waals surface area contributed by atoms with Gasteiger partial charge in [-0.15, -0.1) is 0 Å². The van der Waals surface area contributed by atoms with Crippen LogP contribution in [-0.2, 0) is 0 Å². The minimum Gasteiger partial charge on any atom is -0.364 e. The molecule has 2 heterocycles. The van der Waals surface area contributed by atoms with E-state index in [0.717, 1.165) is 25.8 Å². The summed E-state index contributed by atoms with van der Waals surface area (Å²) >= 11 is 0. The van der Waals surface area contributed by atoms with Crippen LogP contribution in [0.3, 0.4) is 0 Å². The molecule has 0 radical (unpaired) electrons. The van der Waals surface area contributed by atoms with Gasteiger partial charge in [0.05, 0.1) is 4.92 Å². The number of hydrogen-bond acceptors (Lipinski definition) is 5. The molecule has 118 valence electrons. The molecule has 1 aromatic rings. The first-order valence-corrected chi connectivity index (χ1v) is 7.79. The predicted octanol–water partition coefficient (Wildman–Crippen LogP) is 3.35. The van der Waals surface area contributed by atoms with E-state index < -0.39 is 4.92 Å². The van der Waals surface area contributed by atoms with Crippen molar-refractivity contribution in [3.8, 4) is 0 Å². The third-order valence-electron chi connectivity index (χ3n) is 3.26. The van der Waals surface area contributed by atoms with Crippen LogP contribution < -0.4 is 10.6 Å². The topological polar surface area (TPSA) is 80.1 Å². The molecule has 6 nitrogen and oxygen atoms in total. The molecule has 2 rings (SSSR count). The van der Waals surface area contributed by atoms with Crippen LogP contribution in [0.5, 0.6) is 0 Å². The Kier molecular flexibility index (Phi) is 9.11. The molecule has 0 spiro atoms. The van der Waals surface area contributed by atoms with Crippen molar-refractivity contribution in [2.45, 2.75) is 45.4 Å². The molecule has 6 heteroatoms. The molecule has 0 aromatic carbocycles. The monoisotopic (exact) mass is 294 g/mol. The number of anilines is 1. The van der Waals surface area contributed by atoms with Crippen molar-refractivity contribution in [3.05, 3.63) is 28.4 Å². The molecule has 0 aliphatic carbocycles. The minimum absolute atomic E-state index is 0.0361.